The maximum Gasteiger partial charge on any atom is 0.442 e. The van der Waals surface area contributed by atoms with Crippen molar-refractivity contribution in [2.45, 2.75) is 52.3 Å². The van der Waals surface area contributed by atoms with Gasteiger partial charge in [0.2, 0.25) is 5.89 Å². The van der Waals surface area contributed by atoms with Crippen LogP contribution in [0.15, 0.2) is 55.2 Å². The molecule has 17 heteroatoms. The van der Waals surface area contributed by atoms with Crippen LogP contribution in [0.25, 0.3) is 11.4 Å². The lowest BCUT2D eigenvalue weighted by molar-refractivity contribution is -0.144. The van der Waals surface area contributed by atoms with Crippen molar-refractivity contribution in [3.8, 4) is 29.5 Å². The normalized spacial score (nSPS) is 11.5. The summed E-state index contributed by atoms with van der Waals surface area (Å²) in [6.45, 7) is 8.92. The number of hydrogen-bond donors (Lipinski definition) is 0. The Bertz CT molecular complexity index is 2070. The van der Waals surface area contributed by atoms with E-state index in [9.17, 15) is 32.3 Å². The fourth-order valence-electron chi connectivity index (χ4n) is 3.87. The Morgan fingerprint density at radius 1 is 1.02 bits per heavy atom. The maximum atomic E-state index is 12.9. The number of ether oxygens (including phenoxy) is 2. The molecule has 48 heavy (non-hydrogen) atoms. The molecule has 4 rings (SSSR count). The van der Waals surface area contributed by atoms with Gasteiger partial charge < -0.3 is 13.9 Å². The SMILES string of the molecule is C#CCOc1cc(-n2nc(C(C)(C)C)oc2=O)c(Cl)cc1Cl.CC(C)OC(=O)c1cc(-n2c(=O)cc(C(F)(F)F)n(C)c2=O)ccc1Cl. The number of nitrogens with zero attached hydrogens (tertiary/aromatic N) is 4. The Kier molecular flexibility index (Phi) is 11.7. The highest BCUT2D eigenvalue weighted by molar-refractivity contribution is 6.36. The molecule has 0 bridgehead atoms. The van der Waals surface area contributed by atoms with Crippen molar-refractivity contribution in [3.05, 3.63) is 100 Å². The number of aromatic nitrogens is 4. The van der Waals surface area contributed by atoms with E-state index >= 15 is 0 Å². The molecule has 0 saturated carbocycles. The highest BCUT2D eigenvalue weighted by Crippen LogP contribution is 2.33. The average Bonchev–Trinajstić information content (AvgIpc) is 3.36. The number of carbonyl (C=O) groups is 1. The highest BCUT2D eigenvalue weighted by atomic mass is 35.5. The standard InChI is InChI=1S/C16H14ClF3N2O4.C15H14Cl2N2O3/c1-8(2)26-14(24)10-6-9(4-5-11(10)17)22-13(23)7-12(16(18,19)20)21(3)15(22)25;1-5-6-21-12-8-11(9(16)7-10(12)17)19-14(20)22-13(18-19)15(2,3)4/h4-8H,1-3H3;1,7-8H,6H2,2-4H3. The molecule has 0 spiro atoms. The zero-order valence-electron chi connectivity index (χ0n) is 26.2. The minimum absolute atomic E-state index is 0.0104. The summed E-state index contributed by atoms with van der Waals surface area (Å²) in [6, 6.07) is 6.87. The zero-order valence-corrected chi connectivity index (χ0v) is 28.5. The fraction of sp³-hybridized carbons (Fsp3) is 0.323. The first-order chi connectivity index (χ1) is 22.2. The van der Waals surface area contributed by atoms with Gasteiger partial charge in [-0.15, -0.1) is 11.5 Å². The van der Waals surface area contributed by atoms with Crippen LogP contribution in [0.1, 0.15) is 56.6 Å². The van der Waals surface area contributed by atoms with Gasteiger partial charge in [-0.25, -0.2) is 19.0 Å². The van der Waals surface area contributed by atoms with E-state index in [-0.39, 0.29) is 32.9 Å². The lowest BCUT2D eigenvalue weighted by Gasteiger charge is -2.15. The smallest absolute Gasteiger partial charge is 0.442 e. The van der Waals surface area contributed by atoms with E-state index in [0.717, 1.165) is 17.8 Å². The van der Waals surface area contributed by atoms with Crippen LogP contribution in [-0.4, -0.2) is 37.6 Å². The number of esters is 1. The van der Waals surface area contributed by atoms with Crippen LogP contribution in [0.4, 0.5) is 13.2 Å². The van der Waals surface area contributed by atoms with E-state index in [2.05, 4.69) is 11.0 Å². The maximum absolute atomic E-state index is 12.9. The van der Waals surface area contributed by atoms with Gasteiger partial charge in [-0.2, -0.15) is 17.9 Å². The molecule has 0 radical (unpaired) electrons. The van der Waals surface area contributed by atoms with Crippen molar-refractivity contribution in [1.82, 2.24) is 18.9 Å². The van der Waals surface area contributed by atoms with Crippen LogP contribution in [0, 0.1) is 12.3 Å². The summed E-state index contributed by atoms with van der Waals surface area (Å²) in [5.74, 6) is 1.52. The number of hydrogen-bond acceptors (Lipinski definition) is 8. The van der Waals surface area contributed by atoms with Gasteiger partial charge in [0.15, 0.2) is 0 Å². The van der Waals surface area contributed by atoms with Crippen molar-refractivity contribution < 1.29 is 31.9 Å². The summed E-state index contributed by atoms with van der Waals surface area (Å²) in [5.41, 5.74) is -4.11. The van der Waals surface area contributed by atoms with Crippen LogP contribution < -0.4 is 21.7 Å². The third-order valence-corrected chi connectivity index (χ3v) is 7.04. The topological polar surface area (TPSA) is 128 Å². The van der Waals surface area contributed by atoms with Gasteiger partial charge in [-0.05, 0) is 38.1 Å². The van der Waals surface area contributed by atoms with Crippen LogP contribution >= 0.6 is 34.8 Å². The Morgan fingerprint density at radius 3 is 2.21 bits per heavy atom. The lowest BCUT2D eigenvalue weighted by Crippen LogP contribution is -2.40. The van der Waals surface area contributed by atoms with E-state index in [0.29, 0.717) is 32.5 Å². The summed E-state index contributed by atoms with van der Waals surface area (Å²) in [7, 11) is 0.894. The second-order valence-electron chi connectivity index (χ2n) is 11.2. The summed E-state index contributed by atoms with van der Waals surface area (Å²) in [6.07, 6.45) is -0.149. The molecule has 0 N–H and O–H groups in total. The first kappa shape index (κ1) is 38.0. The van der Waals surface area contributed by atoms with E-state index in [1.807, 2.05) is 20.8 Å². The minimum Gasteiger partial charge on any atom is -0.479 e. The fourth-order valence-corrected chi connectivity index (χ4v) is 4.58. The first-order valence-corrected chi connectivity index (χ1v) is 14.9. The van der Waals surface area contributed by atoms with Gasteiger partial charge in [0.1, 0.15) is 18.1 Å². The molecule has 0 atom stereocenters. The molecule has 2 aromatic heterocycles. The molecule has 0 fully saturated rings. The molecule has 0 amide bonds. The van der Waals surface area contributed by atoms with Crippen LogP contribution in [0.5, 0.6) is 5.75 Å². The minimum atomic E-state index is -4.86. The number of rotatable bonds is 6. The molecular formula is C31H28Cl3F3N4O7. The molecule has 11 nitrogen and oxygen atoms in total. The number of benzene rings is 2. The van der Waals surface area contributed by atoms with Crippen molar-refractivity contribution in [2.24, 2.45) is 7.05 Å². The van der Waals surface area contributed by atoms with Crippen LogP contribution in [-0.2, 0) is 23.4 Å². The van der Waals surface area contributed by atoms with Gasteiger partial charge in [0.05, 0.1) is 38.1 Å². The summed E-state index contributed by atoms with van der Waals surface area (Å²) < 4.78 is 56.1. The Balaban J connectivity index is 0.000000264. The predicted octanol–water partition coefficient (Wildman–Crippen LogP) is 6.22. The van der Waals surface area contributed by atoms with Crippen LogP contribution in [0.2, 0.25) is 15.1 Å². The number of carbonyl (C=O) groups excluding carboxylic acids is 1. The molecule has 0 aliphatic rings. The number of halogens is 6. The Labute approximate surface area is 286 Å². The second-order valence-corrected chi connectivity index (χ2v) is 12.4. The molecule has 4 aromatic rings. The number of alkyl halides is 3. The lowest BCUT2D eigenvalue weighted by atomic mass is 9.97. The molecule has 0 saturated heterocycles. The predicted molar refractivity (Wildman–Crippen MR) is 173 cm³/mol. The van der Waals surface area contributed by atoms with Gasteiger partial charge >= 0.3 is 23.6 Å². The van der Waals surface area contributed by atoms with E-state index in [4.69, 9.17) is 55.1 Å². The quantitative estimate of drug-likeness (QED) is 0.169. The molecular weight excluding hydrogens is 704 g/mol. The highest BCUT2D eigenvalue weighted by Gasteiger charge is 2.35. The monoisotopic (exact) mass is 730 g/mol. The van der Waals surface area contributed by atoms with Gasteiger partial charge in [-0.3, -0.25) is 9.36 Å². The third-order valence-electron chi connectivity index (χ3n) is 6.11. The van der Waals surface area contributed by atoms with Gasteiger partial charge in [0.25, 0.3) is 5.56 Å². The van der Waals surface area contributed by atoms with Gasteiger partial charge in [0, 0.05) is 24.6 Å². The van der Waals surface area contributed by atoms with E-state index in [1.165, 1.54) is 24.3 Å². The summed E-state index contributed by atoms with van der Waals surface area (Å²) >= 11 is 18.1. The van der Waals surface area contributed by atoms with Crippen molar-refractivity contribution in [3.63, 3.8) is 0 Å². The Hall–Kier alpha value is -4.45. The third kappa shape index (κ3) is 8.71. The first-order valence-electron chi connectivity index (χ1n) is 13.7. The van der Waals surface area contributed by atoms with E-state index < -0.39 is 46.4 Å². The summed E-state index contributed by atoms with van der Waals surface area (Å²) in [4.78, 5) is 48.5. The zero-order chi connectivity index (χ0) is 36.3. The molecule has 0 unspecified atom stereocenters. The molecule has 0 aliphatic heterocycles. The van der Waals surface area contributed by atoms with E-state index in [1.54, 1.807) is 13.8 Å². The van der Waals surface area contributed by atoms with Crippen molar-refractivity contribution in [1.29, 1.82) is 0 Å². The van der Waals surface area contributed by atoms with Crippen molar-refractivity contribution in [2.75, 3.05) is 6.61 Å². The number of terminal acetylenes is 1. The van der Waals surface area contributed by atoms with Crippen molar-refractivity contribution >= 4 is 40.8 Å². The molecule has 2 aromatic carbocycles. The van der Waals surface area contributed by atoms with Gasteiger partial charge in [-0.1, -0.05) is 61.5 Å². The molecule has 0 aliphatic carbocycles. The van der Waals surface area contributed by atoms with Crippen LogP contribution in [0.3, 0.4) is 0 Å². The second kappa shape index (κ2) is 14.8. The largest absolute Gasteiger partial charge is 0.479 e. The summed E-state index contributed by atoms with van der Waals surface area (Å²) in [5, 5.41) is 4.72. The average molecular weight is 732 g/mol. The molecule has 256 valence electrons. The molecule has 2 heterocycles. The Morgan fingerprint density at radius 2 is 1.67 bits per heavy atom.